The second kappa shape index (κ2) is 16.2. The zero-order valence-electron chi connectivity index (χ0n) is 21.6. The Bertz CT molecular complexity index is 865. The maximum Gasteiger partial charge on any atom is 0.253 e. The van der Waals surface area contributed by atoms with Crippen LogP contribution in [0.3, 0.4) is 0 Å². The number of hydrogen-bond donors (Lipinski definition) is 1. The molecule has 1 aromatic heterocycles. The molecule has 0 radical (unpaired) electrons. The number of nitrogens with one attached hydrogen (secondary N) is 1. The monoisotopic (exact) mass is 521 g/mol. The number of nitrogens with zero attached hydrogens (tertiary/aromatic N) is 4. The summed E-state index contributed by atoms with van der Waals surface area (Å²) in [5.74, 6) is -0.304. The Morgan fingerprint density at radius 1 is 0.919 bits per heavy atom. The van der Waals surface area contributed by atoms with E-state index in [0.717, 1.165) is 25.7 Å². The normalized spacial score (nSPS) is 19.6. The SMILES string of the molecule is CCOCCOCCOCCOCCn1cc(CNC(=O)C2CCC(CN3C(=O)C=CC3=O)CC2)nn1. The van der Waals surface area contributed by atoms with Crippen LogP contribution in [-0.4, -0.2) is 97.0 Å². The molecule has 1 aromatic rings. The van der Waals surface area contributed by atoms with Crippen LogP contribution >= 0.6 is 0 Å². The Balaban J connectivity index is 1.20. The van der Waals surface area contributed by atoms with Crippen LogP contribution in [0, 0.1) is 11.8 Å². The van der Waals surface area contributed by atoms with Crippen molar-refractivity contribution >= 4 is 17.7 Å². The quantitative estimate of drug-likeness (QED) is 0.219. The van der Waals surface area contributed by atoms with Gasteiger partial charge in [0.15, 0.2) is 0 Å². The first-order valence-electron chi connectivity index (χ1n) is 13.1. The van der Waals surface area contributed by atoms with Gasteiger partial charge in [-0.1, -0.05) is 5.21 Å². The largest absolute Gasteiger partial charge is 0.379 e. The fourth-order valence-corrected chi connectivity index (χ4v) is 4.29. The summed E-state index contributed by atoms with van der Waals surface area (Å²) >= 11 is 0. The molecule has 37 heavy (non-hydrogen) atoms. The molecule has 0 unspecified atom stereocenters. The second-order valence-electron chi connectivity index (χ2n) is 9.06. The number of amides is 3. The van der Waals surface area contributed by atoms with Gasteiger partial charge in [0.25, 0.3) is 11.8 Å². The standard InChI is InChI=1S/C25H39N5O7/c1-2-34-11-12-36-15-16-37-14-13-35-10-9-29-19-22(27-28-29)17-26-25(33)21-5-3-20(4-6-21)18-30-23(31)7-8-24(30)32/h7-8,19-21H,2-6,9-18H2,1H3,(H,26,33). The summed E-state index contributed by atoms with van der Waals surface area (Å²) in [6, 6.07) is 0. The van der Waals surface area contributed by atoms with Crippen LogP contribution in [0.25, 0.3) is 0 Å². The van der Waals surface area contributed by atoms with Crippen molar-refractivity contribution in [3.8, 4) is 0 Å². The first-order chi connectivity index (χ1) is 18.1. The van der Waals surface area contributed by atoms with Crippen molar-refractivity contribution in [1.82, 2.24) is 25.2 Å². The molecular formula is C25H39N5O7. The van der Waals surface area contributed by atoms with Gasteiger partial charge in [-0.05, 0) is 38.5 Å². The number of rotatable bonds is 18. The van der Waals surface area contributed by atoms with Crippen molar-refractivity contribution in [3.05, 3.63) is 24.0 Å². The van der Waals surface area contributed by atoms with E-state index < -0.39 is 0 Å². The van der Waals surface area contributed by atoms with Gasteiger partial charge >= 0.3 is 0 Å². The van der Waals surface area contributed by atoms with Gasteiger partial charge < -0.3 is 24.3 Å². The van der Waals surface area contributed by atoms with Crippen LogP contribution in [0.4, 0.5) is 0 Å². The van der Waals surface area contributed by atoms with Crippen molar-refractivity contribution in [2.24, 2.45) is 11.8 Å². The molecule has 2 aliphatic rings. The lowest BCUT2D eigenvalue weighted by Gasteiger charge is -2.29. The Hall–Kier alpha value is -2.67. The molecule has 0 spiro atoms. The summed E-state index contributed by atoms with van der Waals surface area (Å²) in [7, 11) is 0. The minimum atomic E-state index is -0.246. The summed E-state index contributed by atoms with van der Waals surface area (Å²) in [5, 5.41) is 11.1. The zero-order chi connectivity index (χ0) is 26.3. The predicted octanol–water partition coefficient (Wildman–Crippen LogP) is 0.712. The highest BCUT2D eigenvalue weighted by molar-refractivity contribution is 6.12. The van der Waals surface area contributed by atoms with E-state index in [9.17, 15) is 14.4 Å². The molecule has 2 heterocycles. The third kappa shape index (κ3) is 10.3. The molecule has 0 saturated heterocycles. The molecule has 0 aromatic carbocycles. The average Bonchev–Trinajstić information content (AvgIpc) is 3.49. The smallest absolute Gasteiger partial charge is 0.253 e. The molecule has 12 nitrogen and oxygen atoms in total. The van der Waals surface area contributed by atoms with Gasteiger partial charge in [-0.25, -0.2) is 4.68 Å². The van der Waals surface area contributed by atoms with Crippen LogP contribution in [-0.2, 0) is 46.4 Å². The van der Waals surface area contributed by atoms with E-state index in [-0.39, 0.29) is 29.6 Å². The van der Waals surface area contributed by atoms with Gasteiger partial charge in [0.05, 0.1) is 65.5 Å². The molecule has 1 saturated carbocycles. The minimum Gasteiger partial charge on any atom is -0.379 e. The first-order valence-corrected chi connectivity index (χ1v) is 13.1. The fraction of sp³-hybridized carbons (Fsp3) is 0.720. The highest BCUT2D eigenvalue weighted by Crippen LogP contribution is 2.30. The second-order valence-corrected chi connectivity index (χ2v) is 9.06. The van der Waals surface area contributed by atoms with Gasteiger partial charge in [0.1, 0.15) is 5.69 Å². The number of imide groups is 1. The molecule has 1 aliphatic carbocycles. The Labute approximate surface area is 217 Å². The molecule has 1 fully saturated rings. The third-order valence-electron chi connectivity index (χ3n) is 6.37. The Morgan fingerprint density at radius 2 is 1.51 bits per heavy atom. The summed E-state index contributed by atoms with van der Waals surface area (Å²) in [6.07, 6.45) is 7.55. The van der Waals surface area contributed by atoms with Crippen LogP contribution < -0.4 is 5.32 Å². The molecule has 206 valence electrons. The van der Waals surface area contributed by atoms with Crippen molar-refractivity contribution in [2.75, 3.05) is 59.4 Å². The number of aromatic nitrogens is 3. The minimum absolute atomic E-state index is 0.00557. The van der Waals surface area contributed by atoms with Crippen LogP contribution in [0.2, 0.25) is 0 Å². The molecule has 12 heteroatoms. The van der Waals surface area contributed by atoms with Gasteiger partial charge in [0, 0.05) is 31.2 Å². The van der Waals surface area contributed by atoms with Crippen molar-refractivity contribution in [1.29, 1.82) is 0 Å². The zero-order valence-corrected chi connectivity index (χ0v) is 21.6. The molecule has 1 N–H and O–H groups in total. The lowest BCUT2D eigenvalue weighted by Crippen LogP contribution is -2.38. The van der Waals surface area contributed by atoms with Gasteiger partial charge in [-0.2, -0.15) is 0 Å². The van der Waals surface area contributed by atoms with Gasteiger partial charge in [-0.3, -0.25) is 19.3 Å². The lowest BCUT2D eigenvalue weighted by molar-refractivity contribution is -0.138. The Kier molecular flexibility index (Phi) is 12.7. The van der Waals surface area contributed by atoms with Gasteiger partial charge in [0.2, 0.25) is 5.91 Å². The summed E-state index contributed by atoms with van der Waals surface area (Å²) in [6.45, 7) is 7.66. The summed E-state index contributed by atoms with van der Waals surface area (Å²) < 4.78 is 23.2. The third-order valence-corrected chi connectivity index (χ3v) is 6.37. The molecule has 0 atom stereocenters. The van der Waals surface area contributed by atoms with E-state index in [1.165, 1.54) is 17.1 Å². The van der Waals surface area contributed by atoms with E-state index >= 15 is 0 Å². The number of hydrogen-bond acceptors (Lipinski definition) is 9. The highest BCUT2D eigenvalue weighted by atomic mass is 16.6. The first kappa shape index (κ1) is 28.9. The molecule has 0 bridgehead atoms. The van der Waals surface area contributed by atoms with E-state index in [2.05, 4.69) is 15.6 Å². The molecule has 1 aliphatic heterocycles. The molecular weight excluding hydrogens is 482 g/mol. The van der Waals surface area contributed by atoms with Crippen LogP contribution in [0.15, 0.2) is 18.3 Å². The van der Waals surface area contributed by atoms with E-state index in [4.69, 9.17) is 18.9 Å². The molecule has 3 rings (SSSR count). The van der Waals surface area contributed by atoms with E-state index in [1.807, 2.05) is 6.92 Å². The number of carbonyl (C=O) groups excluding carboxylic acids is 3. The highest BCUT2D eigenvalue weighted by Gasteiger charge is 2.31. The Morgan fingerprint density at radius 3 is 2.14 bits per heavy atom. The topological polar surface area (TPSA) is 134 Å². The fourth-order valence-electron chi connectivity index (χ4n) is 4.29. The van der Waals surface area contributed by atoms with E-state index in [1.54, 1.807) is 10.9 Å². The average molecular weight is 522 g/mol. The number of carbonyl (C=O) groups is 3. The predicted molar refractivity (Wildman–Crippen MR) is 132 cm³/mol. The molecule has 3 amide bonds. The summed E-state index contributed by atoms with van der Waals surface area (Å²) in [4.78, 5) is 37.4. The van der Waals surface area contributed by atoms with Crippen LogP contribution in [0.1, 0.15) is 38.3 Å². The lowest BCUT2D eigenvalue weighted by atomic mass is 9.81. The van der Waals surface area contributed by atoms with Gasteiger partial charge in [-0.15, -0.1) is 5.10 Å². The number of ether oxygens (including phenoxy) is 4. The maximum atomic E-state index is 12.6. The van der Waals surface area contributed by atoms with Crippen molar-refractivity contribution in [3.63, 3.8) is 0 Å². The van der Waals surface area contributed by atoms with Crippen molar-refractivity contribution in [2.45, 2.75) is 45.7 Å². The van der Waals surface area contributed by atoms with E-state index in [0.29, 0.717) is 78.2 Å². The summed E-state index contributed by atoms with van der Waals surface area (Å²) in [5.41, 5.74) is 0.688. The maximum absolute atomic E-state index is 12.6. The van der Waals surface area contributed by atoms with Crippen LogP contribution in [0.5, 0.6) is 0 Å². The van der Waals surface area contributed by atoms with Crippen molar-refractivity contribution < 1.29 is 33.3 Å².